The summed E-state index contributed by atoms with van der Waals surface area (Å²) < 4.78 is 27.6. The molecule has 0 bridgehead atoms. The molecular formula is C28H29NO7. The first-order valence-corrected chi connectivity index (χ1v) is 11.6. The zero-order chi connectivity index (χ0) is 25.5. The van der Waals surface area contributed by atoms with Gasteiger partial charge in [0.2, 0.25) is 0 Å². The molecule has 36 heavy (non-hydrogen) atoms. The number of benzene rings is 3. The highest BCUT2D eigenvalue weighted by molar-refractivity contribution is 5.89. The van der Waals surface area contributed by atoms with E-state index in [1.165, 1.54) is 7.11 Å². The lowest BCUT2D eigenvalue weighted by Gasteiger charge is -2.37. The summed E-state index contributed by atoms with van der Waals surface area (Å²) in [5.74, 6) is 1.87. The Bertz CT molecular complexity index is 1190. The minimum absolute atomic E-state index is 0.0863. The number of ether oxygens (including phenoxy) is 5. The Morgan fingerprint density at radius 2 is 1.53 bits per heavy atom. The monoisotopic (exact) mass is 491 g/mol. The Balaban J connectivity index is 1.57. The Labute approximate surface area is 210 Å². The van der Waals surface area contributed by atoms with Gasteiger partial charge in [0.15, 0.2) is 18.1 Å². The minimum Gasteiger partial charge on any atom is -0.493 e. The van der Waals surface area contributed by atoms with Gasteiger partial charge >= 0.3 is 5.97 Å². The smallest absolute Gasteiger partial charge is 0.337 e. The quantitative estimate of drug-likeness (QED) is 0.417. The van der Waals surface area contributed by atoms with Gasteiger partial charge in [-0.3, -0.25) is 4.79 Å². The lowest BCUT2D eigenvalue weighted by molar-refractivity contribution is -0.137. The molecule has 1 aliphatic rings. The van der Waals surface area contributed by atoms with Gasteiger partial charge in [0.25, 0.3) is 5.91 Å². The second-order valence-electron chi connectivity index (χ2n) is 8.19. The molecule has 0 saturated heterocycles. The molecule has 3 aromatic rings. The van der Waals surface area contributed by atoms with Crippen LogP contribution in [0.5, 0.6) is 23.0 Å². The normalized spacial score (nSPS) is 14.4. The molecule has 1 heterocycles. The zero-order valence-corrected chi connectivity index (χ0v) is 20.6. The predicted molar refractivity (Wildman–Crippen MR) is 133 cm³/mol. The molecule has 0 unspecified atom stereocenters. The lowest BCUT2D eigenvalue weighted by atomic mass is 9.92. The fraction of sp³-hybridized carbons (Fsp3) is 0.286. The van der Waals surface area contributed by atoms with Crippen LogP contribution in [0.15, 0.2) is 66.7 Å². The number of carbonyl (C=O) groups is 2. The highest BCUT2D eigenvalue weighted by atomic mass is 16.5. The summed E-state index contributed by atoms with van der Waals surface area (Å²) in [7, 11) is 4.52. The summed E-state index contributed by atoms with van der Waals surface area (Å²) >= 11 is 0. The average Bonchev–Trinajstić information content (AvgIpc) is 2.94. The van der Waals surface area contributed by atoms with E-state index in [0.717, 1.165) is 11.1 Å². The standard InChI is InChI=1S/C28H29NO7/c1-32-25-15-20-13-14-29(27(30)18-36-21-7-5-4-6-8-21)24(23(20)16-26(25)33-2)17-35-22-11-9-19(10-12-22)28(31)34-3/h4-12,15-16,24H,13-14,17-18H2,1-3H3/t24-/m0/s1. The zero-order valence-electron chi connectivity index (χ0n) is 20.6. The van der Waals surface area contributed by atoms with Gasteiger partial charge in [0, 0.05) is 6.54 Å². The van der Waals surface area contributed by atoms with Gasteiger partial charge in [-0.25, -0.2) is 4.79 Å². The van der Waals surface area contributed by atoms with Crippen LogP contribution in [0.3, 0.4) is 0 Å². The number of esters is 1. The van der Waals surface area contributed by atoms with E-state index >= 15 is 0 Å². The molecule has 8 heteroatoms. The van der Waals surface area contributed by atoms with Gasteiger partial charge in [0.05, 0.1) is 32.9 Å². The molecule has 3 aromatic carbocycles. The van der Waals surface area contributed by atoms with Crippen LogP contribution >= 0.6 is 0 Å². The van der Waals surface area contributed by atoms with Crippen molar-refractivity contribution in [3.63, 3.8) is 0 Å². The molecule has 1 amide bonds. The number of hydrogen-bond acceptors (Lipinski definition) is 7. The van der Waals surface area contributed by atoms with E-state index in [9.17, 15) is 9.59 Å². The Kier molecular flexibility index (Phi) is 7.95. The third kappa shape index (κ3) is 5.54. The summed E-state index contributed by atoms with van der Waals surface area (Å²) in [6.07, 6.45) is 0.664. The third-order valence-corrected chi connectivity index (χ3v) is 6.11. The highest BCUT2D eigenvalue weighted by Gasteiger charge is 2.33. The Morgan fingerprint density at radius 3 is 2.19 bits per heavy atom. The van der Waals surface area contributed by atoms with Gasteiger partial charge in [0.1, 0.15) is 18.1 Å². The van der Waals surface area contributed by atoms with E-state index < -0.39 is 5.97 Å². The molecule has 0 saturated carbocycles. The van der Waals surface area contributed by atoms with Crippen LogP contribution in [0.2, 0.25) is 0 Å². The van der Waals surface area contributed by atoms with E-state index in [1.807, 2.05) is 42.5 Å². The van der Waals surface area contributed by atoms with Crippen LogP contribution in [0, 0.1) is 0 Å². The van der Waals surface area contributed by atoms with Crippen molar-refractivity contribution in [3.05, 3.63) is 83.4 Å². The number of fused-ring (bicyclic) bond motifs is 1. The molecule has 0 aliphatic carbocycles. The SMILES string of the molecule is COC(=O)c1ccc(OC[C@H]2c3cc(OC)c(OC)cc3CCN2C(=O)COc2ccccc2)cc1. The maximum Gasteiger partial charge on any atom is 0.337 e. The van der Waals surface area contributed by atoms with Crippen LogP contribution < -0.4 is 18.9 Å². The van der Waals surface area contributed by atoms with Crippen LogP contribution in [0.25, 0.3) is 0 Å². The van der Waals surface area contributed by atoms with E-state index in [2.05, 4.69) is 0 Å². The number of rotatable bonds is 9. The number of carbonyl (C=O) groups excluding carboxylic acids is 2. The fourth-order valence-corrected chi connectivity index (χ4v) is 4.23. The molecule has 0 fully saturated rings. The summed E-state index contributed by atoms with van der Waals surface area (Å²) in [6.45, 7) is 0.628. The van der Waals surface area contributed by atoms with Crippen molar-refractivity contribution < 1.29 is 33.3 Å². The molecule has 1 atom stereocenters. The van der Waals surface area contributed by atoms with Crippen molar-refractivity contribution in [2.24, 2.45) is 0 Å². The van der Waals surface area contributed by atoms with E-state index in [4.69, 9.17) is 23.7 Å². The van der Waals surface area contributed by atoms with Crippen molar-refractivity contribution >= 4 is 11.9 Å². The maximum atomic E-state index is 13.3. The molecule has 8 nitrogen and oxygen atoms in total. The van der Waals surface area contributed by atoms with Crippen LogP contribution in [-0.4, -0.2) is 57.9 Å². The Hall–Kier alpha value is -4.20. The average molecular weight is 492 g/mol. The molecule has 0 aromatic heterocycles. The van der Waals surface area contributed by atoms with Crippen molar-refractivity contribution in [3.8, 4) is 23.0 Å². The van der Waals surface area contributed by atoms with Gasteiger partial charge in [-0.2, -0.15) is 0 Å². The first-order valence-electron chi connectivity index (χ1n) is 11.6. The first kappa shape index (κ1) is 24.9. The van der Waals surface area contributed by atoms with Crippen LogP contribution in [0.4, 0.5) is 0 Å². The molecular weight excluding hydrogens is 462 g/mol. The molecule has 0 N–H and O–H groups in total. The summed E-state index contributed by atoms with van der Waals surface area (Å²) in [5.41, 5.74) is 2.42. The maximum absolute atomic E-state index is 13.3. The van der Waals surface area contributed by atoms with Crippen molar-refractivity contribution in [1.82, 2.24) is 4.90 Å². The molecule has 188 valence electrons. The number of nitrogens with zero attached hydrogens (tertiary/aromatic N) is 1. The number of methoxy groups -OCH3 is 3. The fourth-order valence-electron chi connectivity index (χ4n) is 4.23. The number of amides is 1. The van der Waals surface area contributed by atoms with Gasteiger partial charge in [-0.1, -0.05) is 18.2 Å². The number of para-hydroxylation sites is 1. The second kappa shape index (κ2) is 11.5. The van der Waals surface area contributed by atoms with Crippen molar-refractivity contribution in [2.75, 3.05) is 41.1 Å². The summed E-state index contributed by atoms with van der Waals surface area (Å²) in [5, 5.41) is 0. The van der Waals surface area contributed by atoms with Gasteiger partial charge in [-0.05, 0) is 66.1 Å². The first-order chi connectivity index (χ1) is 17.5. The minimum atomic E-state index is -0.418. The highest BCUT2D eigenvalue weighted by Crippen LogP contribution is 2.38. The molecule has 4 rings (SSSR count). The second-order valence-corrected chi connectivity index (χ2v) is 8.19. The summed E-state index contributed by atoms with van der Waals surface area (Å²) in [4.78, 5) is 26.8. The largest absolute Gasteiger partial charge is 0.493 e. The topological polar surface area (TPSA) is 83.5 Å². The predicted octanol–water partition coefficient (Wildman–Crippen LogP) is 4.07. The van der Waals surface area contributed by atoms with E-state index in [0.29, 0.717) is 41.5 Å². The molecule has 0 spiro atoms. The molecule has 0 radical (unpaired) electrons. The van der Waals surface area contributed by atoms with Gasteiger partial charge in [-0.15, -0.1) is 0 Å². The number of hydrogen-bond donors (Lipinski definition) is 0. The molecule has 1 aliphatic heterocycles. The van der Waals surface area contributed by atoms with E-state index in [-0.39, 0.29) is 25.2 Å². The van der Waals surface area contributed by atoms with Crippen molar-refractivity contribution in [1.29, 1.82) is 0 Å². The van der Waals surface area contributed by atoms with Crippen LogP contribution in [-0.2, 0) is 16.0 Å². The third-order valence-electron chi connectivity index (χ3n) is 6.11. The van der Waals surface area contributed by atoms with Crippen LogP contribution in [0.1, 0.15) is 27.5 Å². The van der Waals surface area contributed by atoms with Crippen molar-refractivity contribution in [2.45, 2.75) is 12.5 Å². The van der Waals surface area contributed by atoms with Gasteiger partial charge < -0.3 is 28.6 Å². The Morgan fingerprint density at radius 1 is 0.861 bits per heavy atom. The van der Waals surface area contributed by atoms with E-state index in [1.54, 1.807) is 43.4 Å². The summed E-state index contributed by atoms with van der Waals surface area (Å²) in [6, 6.07) is 19.4. The lowest BCUT2D eigenvalue weighted by Crippen LogP contribution is -2.44.